The number of benzene rings is 20. The molecule has 0 amide bonds. The zero-order valence-electron chi connectivity index (χ0n) is 63.9. The minimum absolute atomic E-state index is 0.872. The van der Waals surface area contributed by atoms with Gasteiger partial charge in [0.25, 0.3) is 0 Å². The molecule has 0 bridgehead atoms. The number of fused-ring (bicyclic) bond motifs is 9. The highest BCUT2D eigenvalue weighted by molar-refractivity contribution is 6.26. The van der Waals surface area contributed by atoms with Crippen LogP contribution < -0.4 is 0 Å². The summed E-state index contributed by atoms with van der Waals surface area (Å²) in [6.45, 7) is 0. The largest absolute Gasteiger partial charge is 0.456 e. The summed E-state index contributed by atoms with van der Waals surface area (Å²) in [5.41, 5.74) is 21.3. The van der Waals surface area contributed by atoms with E-state index in [4.69, 9.17) is 13.3 Å². The van der Waals surface area contributed by atoms with Crippen molar-refractivity contribution >= 4 is 97.1 Å². The fraction of sp³-hybridized carbons (Fsp3) is 0. The first-order valence-electron chi connectivity index (χ1n) is 40.0. The first-order valence-corrected chi connectivity index (χ1v) is 40.0. The van der Waals surface area contributed by atoms with E-state index in [1.807, 2.05) is 66.7 Å². The minimum atomic E-state index is 0.872. The Morgan fingerprint density at radius 1 is 0.120 bits per heavy atom. The smallest absolute Gasteiger partial charge is 0.135 e. The third kappa shape index (κ3) is 12.9. The molecule has 0 spiro atoms. The summed E-state index contributed by atoms with van der Waals surface area (Å²) in [4.78, 5) is 0. The van der Waals surface area contributed by atoms with Crippen LogP contribution in [0.2, 0.25) is 0 Å². The van der Waals surface area contributed by atoms with Gasteiger partial charge in [-0.25, -0.2) is 0 Å². The standard InChI is InChI=1S/C40H26O.C38H24O.C36H24O/c1-2-12-28(13-3-1)37-25-26-38(41-37)29-21-23-30(24-22-29)39-33-16-6-8-18-35(33)40(36-19-9-7-17-34(36)39)32-20-10-14-27-11-4-5-15-31(27)32;1-3-13-29-25(10-1)12-9-18-30(29)38-33-16-6-4-14-31(33)37(32-15-5-7-17-34(32)38)27-22-20-26(21-23-27)36-24-28-11-2-8-19-35(28)39-36;1-3-11-25(12-4-1)33-23-24-34(37-33)26-19-21-28(22-20-26)36-31-17-9-7-15-29(31)35(27-13-5-2-6-14-27)30-16-8-10-18-32(30)36/h1-26H;1-24H;1-24H. The van der Waals surface area contributed by atoms with Crippen LogP contribution in [0, 0.1) is 0 Å². The zero-order chi connectivity index (χ0) is 77.5. The van der Waals surface area contributed by atoms with Gasteiger partial charge in [0.15, 0.2) is 0 Å². The second-order valence-electron chi connectivity index (χ2n) is 29.9. The van der Waals surface area contributed by atoms with Crippen LogP contribution in [0.1, 0.15) is 0 Å². The molecule has 0 aliphatic rings. The highest BCUT2D eigenvalue weighted by atomic mass is 16.3. The summed E-state index contributed by atoms with van der Waals surface area (Å²) >= 11 is 0. The summed E-state index contributed by atoms with van der Waals surface area (Å²) in [6.07, 6.45) is 0. The molecule has 23 aromatic rings. The molecular weight excluding hydrogens is 1420 g/mol. The molecule has 0 unspecified atom stereocenters. The Morgan fingerprint density at radius 2 is 0.333 bits per heavy atom. The van der Waals surface area contributed by atoms with Crippen LogP contribution in [0.5, 0.6) is 0 Å². The third-order valence-corrected chi connectivity index (χ3v) is 23.1. The van der Waals surface area contributed by atoms with Crippen LogP contribution in [0.25, 0.3) is 221 Å². The average Bonchev–Trinajstić information content (AvgIpc) is 1.17. The van der Waals surface area contributed by atoms with E-state index in [1.165, 1.54) is 153 Å². The minimum Gasteiger partial charge on any atom is -0.456 e. The number of hydrogen-bond acceptors (Lipinski definition) is 3. The maximum absolute atomic E-state index is 6.24. The Morgan fingerprint density at radius 3 is 0.641 bits per heavy atom. The molecule has 3 nitrogen and oxygen atoms in total. The van der Waals surface area contributed by atoms with E-state index in [2.05, 4.69) is 382 Å². The van der Waals surface area contributed by atoms with Crippen molar-refractivity contribution in [3.63, 3.8) is 0 Å². The number of rotatable bonds is 11. The van der Waals surface area contributed by atoms with Gasteiger partial charge in [0.2, 0.25) is 0 Å². The molecule has 0 fully saturated rings. The molecule has 20 aromatic carbocycles. The average molecular weight is 1490 g/mol. The monoisotopic (exact) mass is 1490 g/mol. The van der Waals surface area contributed by atoms with Gasteiger partial charge in [0.05, 0.1) is 0 Å². The van der Waals surface area contributed by atoms with Gasteiger partial charge in [-0.05, 0) is 189 Å². The Balaban J connectivity index is 0.000000110. The maximum Gasteiger partial charge on any atom is 0.135 e. The van der Waals surface area contributed by atoms with Crippen LogP contribution in [0.4, 0.5) is 0 Å². The fourth-order valence-electron chi connectivity index (χ4n) is 17.7. The van der Waals surface area contributed by atoms with Crippen LogP contribution >= 0.6 is 0 Å². The summed E-state index contributed by atoms with van der Waals surface area (Å²) in [5, 5.41) is 21.3. The van der Waals surface area contributed by atoms with E-state index >= 15 is 0 Å². The van der Waals surface area contributed by atoms with Crippen molar-refractivity contribution in [2.45, 2.75) is 0 Å². The summed E-state index contributed by atoms with van der Waals surface area (Å²) < 4.78 is 18.6. The summed E-state index contributed by atoms with van der Waals surface area (Å²) in [7, 11) is 0. The van der Waals surface area contributed by atoms with Gasteiger partial charge in [-0.2, -0.15) is 0 Å². The van der Waals surface area contributed by atoms with Gasteiger partial charge in [-0.1, -0.05) is 413 Å². The van der Waals surface area contributed by atoms with Crippen molar-refractivity contribution in [1.82, 2.24) is 0 Å². The summed E-state index contributed by atoms with van der Waals surface area (Å²) in [6, 6.07) is 160. The third-order valence-electron chi connectivity index (χ3n) is 23.1. The van der Waals surface area contributed by atoms with Crippen molar-refractivity contribution in [3.05, 3.63) is 449 Å². The van der Waals surface area contributed by atoms with Crippen LogP contribution in [-0.2, 0) is 0 Å². The molecule has 0 aliphatic carbocycles. The van der Waals surface area contributed by atoms with Crippen LogP contribution in [0.15, 0.2) is 462 Å². The van der Waals surface area contributed by atoms with Gasteiger partial charge in [-0.15, -0.1) is 0 Å². The lowest BCUT2D eigenvalue weighted by Crippen LogP contribution is -1.91. The van der Waals surface area contributed by atoms with Gasteiger partial charge in [0, 0.05) is 33.2 Å². The highest BCUT2D eigenvalue weighted by Gasteiger charge is 2.23. The van der Waals surface area contributed by atoms with E-state index in [1.54, 1.807) is 0 Å². The van der Waals surface area contributed by atoms with Gasteiger partial charge in [-0.3, -0.25) is 0 Å². The fourth-order valence-corrected chi connectivity index (χ4v) is 17.7. The quantitative estimate of drug-likeness (QED) is 0.121. The lowest BCUT2D eigenvalue weighted by Gasteiger charge is -2.19. The topological polar surface area (TPSA) is 39.4 Å². The molecule has 23 rings (SSSR count). The van der Waals surface area contributed by atoms with Crippen molar-refractivity contribution in [2.75, 3.05) is 0 Å². The van der Waals surface area contributed by atoms with E-state index in [0.717, 1.165) is 67.6 Å². The van der Waals surface area contributed by atoms with Crippen LogP contribution in [-0.4, -0.2) is 0 Å². The van der Waals surface area contributed by atoms with E-state index in [0.29, 0.717) is 0 Å². The Bertz CT molecular complexity index is 7420. The lowest BCUT2D eigenvalue weighted by molar-refractivity contribution is 0.597. The maximum atomic E-state index is 6.24. The zero-order valence-corrected chi connectivity index (χ0v) is 63.9. The normalized spacial score (nSPS) is 11.4. The Hall–Kier alpha value is -15.4. The van der Waals surface area contributed by atoms with Gasteiger partial charge >= 0.3 is 0 Å². The predicted molar refractivity (Wildman–Crippen MR) is 493 cm³/mol. The molecule has 0 atom stereocenters. The number of hydrogen-bond donors (Lipinski definition) is 0. The Kier molecular flexibility index (Phi) is 18.0. The molecular formula is C114H74O3. The molecule has 0 N–H and O–H groups in total. The highest BCUT2D eigenvalue weighted by Crippen LogP contribution is 2.50. The molecule has 548 valence electrons. The van der Waals surface area contributed by atoms with Gasteiger partial charge in [0.1, 0.15) is 34.4 Å². The SMILES string of the molecule is c1ccc(-c2ccc(-c3ccc(-c4c5ccccc5c(-c5cccc6ccccc56)c5ccccc45)cc3)o2)cc1.c1ccc(-c2ccc(-c3ccc(-c4c5ccccc5c(-c5ccccc5)c5ccccc45)cc3)o2)cc1.c1ccc2oc(-c3ccc(-c4c5ccccc5c(-c5cccc6ccccc56)c5ccccc45)cc3)cc2c1. The molecule has 0 radical (unpaired) electrons. The second-order valence-corrected chi connectivity index (χ2v) is 29.9. The molecule has 3 heterocycles. The van der Waals surface area contributed by atoms with E-state index < -0.39 is 0 Å². The summed E-state index contributed by atoms with van der Waals surface area (Å²) in [5.74, 6) is 4.40. The Labute approximate surface area is 678 Å². The van der Waals surface area contributed by atoms with Crippen molar-refractivity contribution < 1.29 is 13.3 Å². The molecule has 0 saturated heterocycles. The number of para-hydroxylation sites is 1. The first kappa shape index (κ1) is 69.5. The van der Waals surface area contributed by atoms with Gasteiger partial charge < -0.3 is 13.3 Å². The molecule has 0 saturated carbocycles. The van der Waals surface area contributed by atoms with Crippen molar-refractivity contribution in [2.24, 2.45) is 0 Å². The molecule has 117 heavy (non-hydrogen) atoms. The van der Waals surface area contributed by atoms with E-state index in [-0.39, 0.29) is 0 Å². The molecule has 3 heteroatoms. The second kappa shape index (κ2) is 30.2. The molecule has 0 aliphatic heterocycles. The predicted octanol–water partition coefficient (Wildman–Crippen LogP) is 32.6. The number of furan rings is 3. The van der Waals surface area contributed by atoms with Crippen LogP contribution in [0.3, 0.4) is 0 Å². The lowest BCUT2D eigenvalue weighted by atomic mass is 9.84. The molecule has 3 aromatic heterocycles. The first-order chi connectivity index (χ1) is 58.1. The van der Waals surface area contributed by atoms with E-state index in [9.17, 15) is 0 Å². The van der Waals surface area contributed by atoms with Crippen molar-refractivity contribution in [1.29, 1.82) is 0 Å². The van der Waals surface area contributed by atoms with Crippen molar-refractivity contribution in [3.8, 4) is 123 Å².